The molecule has 1 aliphatic heterocycles. The third kappa shape index (κ3) is 3.85. The summed E-state index contributed by atoms with van der Waals surface area (Å²) in [5.41, 5.74) is 1.47. The Labute approximate surface area is 162 Å². The molecule has 8 nitrogen and oxygen atoms in total. The van der Waals surface area contributed by atoms with Gasteiger partial charge < -0.3 is 9.47 Å². The summed E-state index contributed by atoms with van der Waals surface area (Å²) >= 11 is 0. The van der Waals surface area contributed by atoms with Crippen LogP contribution in [0.3, 0.4) is 0 Å². The van der Waals surface area contributed by atoms with Crippen LogP contribution in [0.15, 0.2) is 41.3 Å². The minimum atomic E-state index is -4.12. The Bertz CT molecular complexity index is 1060. The van der Waals surface area contributed by atoms with Crippen LogP contribution in [0.5, 0.6) is 11.5 Å². The van der Waals surface area contributed by atoms with Crippen molar-refractivity contribution in [2.75, 3.05) is 6.61 Å². The molecule has 0 saturated carbocycles. The van der Waals surface area contributed by atoms with Crippen LogP contribution in [0.25, 0.3) is 6.08 Å². The first-order chi connectivity index (χ1) is 13.2. The quantitative estimate of drug-likeness (QED) is 0.424. The first-order valence-corrected chi connectivity index (χ1v) is 9.88. The van der Waals surface area contributed by atoms with Crippen molar-refractivity contribution < 1.29 is 27.0 Å². The normalized spacial score (nSPS) is 16.3. The van der Waals surface area contributed by atoms with E-state index in [4.69, 9.17) is 13.7 Å². The van der Waals surface area contributed by atoms with Crippen molar-refractivity contribution in [1.29, 1.82) is 0 Å². The average molecular weight is 405 g/mol. The third-order valence-corrected chi connectivity index (χ3v) is 5.59. The van der Waals surface area contributed by atoms with E-state index < -0.39 is 21.3 Å². The Hall–Kier alpha value is -2.91. The Morgan fingerprint density at radius 2 is 2.00 bits per heavy atom. The molecule has 2 aromatic carbocycles. The van der Waals surface area contributed by atoms with Gasteiger partial charge in [0.25, 0.3) is 12.0 Å². The van der Waals surface area contributed by atoms with Crippen LogP contribution < -0.4 is 9.47 Å². The van der Waals surface area contributed by atoms with Crippen molar-refractivity contribution >= 4 is 21.9 Å². The largest absolute Gasteiger partial charge is 0.483 e. The number of nitro groups is 1. The number of hydrogen-bond donors (Lipinski definition) is 0. The van der Waals surface area contributed by atoms with E-state index in [0.29, 0.717) is 5.56 Å². The first-order valence-electron chi connectivity index (χ1n) is 8.47. The third-order valence-electron chi connectivity index (χ3n) is 4.12. The van der Waals surface area contributed by atoms with Crippen molar-refractivity contribution in [3.8, 4) is 11.5 Å². The predicted molar refractivity (Wildman–Crippen MR) is 102 cm³/mol. The van der Waals surface area contributed by atoms with Gasteiger partial charge in [-0.15, -0.1) is 0 Å². The van der Waals surface area contributed by atoms with E-state index in [-0.39, 0.29) is 34.3 Å². The van der Waals surface area contributed by atoms with E-state index in [1.165, 1.54) is 24.3 Å². The minimum absolute atomic E-state index is 0.0280. The van der Waals surface area contributed by atoms with Crippen LogP contribution in [0, 0.1) is 24.0 Å². The van der Waals surface area contributed by atoms with Gasteiger partial charge in [0.2, 0.25) is 0 Å². The Morgan fingerprint density at radius 3 is 2.64 bits per heavy atom. The Balaban J connectivity index is 1.93. The molecule has 0 aromatic heterocycles. The number of nitrogens with zero attached hydrogens (tertiary/aromatic N) is 1. The van der Waals surface area contributed by atoms with Crippen LogP contribution in [0.2, 0.25) is 0 Å². The number of nitro benzene ring substituents is 1. The molecule has 0 saturated heterocycles. The minimum Gasteiger partial charge on any atom is -0.483 e. The average Bonchev–Trinajstić information content (AvgIpc) is 2.61. The molecule has 9 heteroatoms. The number of fused-ring (bicyclic) bond motifs is 1. The van der Waals surface area contributed by atoms with Gasteiger partial charge in [-0.2, -0.15) is 8.42 Å². The molecule has 28 heavy (non-hydrogen) atoms. The number of allylic oxidation sites excluding steroid dienone is 1. The molecule has 0 bridgehead atoms. The predicted octanol–water partition coefficient (Wildman–Crippen LogP) is 3.75. The van der Waals surface area contributed by atoms with E-state index in [2.05, 4.69) is 0 Å². The SMILES string of the molecule is C/C=C/c1c([N+](=O)[O-])ccc2c1O[C@H](OS(=O)(=O)c1ccc(C)cc1C)CO2. The summed E-state index contributed by atoms with van der Waals surface area (Å²) in [5, 5.41) is 11.3. The summed E-state index contributed by atoms with van der Waals surface area (Å²) in [5.74, 6) is 0.349. The van der Waals surface area contributed by atoms with Gasteiger partial charge in [-0.3, -0.25) is 10.1 Å². The summed E-state index contributed by atoms with van der Waals surface area (Å²) in [6.07, 6.45) is 1.84. The molecule has 0 aliphatic carbocycles. The number of rotatable bonds is 5. The van der Waals surface area contributed by atoms with Gasteiger partial charge >= 0.3 is 10.1 Å². The van der Waals surface area contributed by atoms with Crippen LogP contribution >= 0.6 is 0 Å². The van der Waals surface area contributed by atoms with Gasteiger partial charge in [0.1, 0.15) is 0 Å². The molecule has 0 fully saturated rings. The van der Waals surface area contributed by atoms with E-state index in [1.807, 2.05) is 6.92 Å². The highest BCUT2D eigenvalue weighted by Gasteiger charge is 2.32. The molecule has 0 radical (unpaired) electrons. The molecular formula is C19H19NO7S. The van der Waals surface area contributed by atoms with E-state index in [1.54, 1.807) is 32.1 Å². The van der Waals surface area contributed by atoms with Crippen LogP contribution in [-0.4, -0.2) is 26.2 Å². The molecule has 0 spiro atoms. The first kappa shape index (κ1) is 19.8. The number of benzene rings is 2. The summed E-state index contributed by atoms with van der Waals surface area (Å²) < 4.78 is 41.7. The van der Waals surface area contributed by atoms with Crippen molar-refractivity contribution in [3.05, 3.63) is 63.2 Å². The zero-order chi connectivity index (χ0) is 20.5. The number of ether oxygens (including phenoxy) is 2. The lowest BCUT2D eigenvalue weighted by Crippen LogP contribution is -2.34. The van der Waals surface area contributed by atoms with Crippen LogP contribution in [0.4, 0.5) is 5.69 Å². The van der Waals surface area contributed by atoms with Crippen molar-refractivity contribution in [3.63, 3.8) is 0 Å². The zero-order valence-electron chi connectivity index (χ0n) is 15.5. The molecule has 0 N–H and O–H groups in total. The summed E-state index contributed by atoms with van der Waals surface area (Å²) in [4.78, 5) is 10.8. The van der Waals surface area contributed by atoms with E-state index >= 15 is 0 Å². The second-order valence-electron chi connectivity index (χ2n) is 6.26. The molecule has 148 valence electrons. The van der Waals surface area contributed by atoms with Crippen LogP contribution in [-0.2, 0) is 14.3 Å². The van der Waals surface area contributed by atoms with Gasteiger partial charge in [-0.05, 0) is 44.5 Å². The summed E-state index contributed by atoms with van der Waals surface area (Å²) in [7, 11) is -4.12. The lowest BCUT2D eigenvalue weighted by Gasteiger charge is -2.27. The second kappa shape index (κ2) is 7.61. The van der Waals surface area contributed by atoms with Crippen molar-refractivity contribution in [2.24, 2.45) is 0 Å². The van der Waals surface area contributed by atoms with Gasteiger partial charge in [-0.1, -0.05) is 23.8 Å². The fourth-order valence-corrected chi connectivity index (χ4v) is 4.10. The smallest absolute Gasteiger partial charge is 0.300 e. The second-order valence-corrected chi connectivity index (χ2v) is 7.80. The number of hydrogen-bond acceptors (Lipinski definition) is 7. The topological polar surface area (TPSA) is 105 Å². The van der Waals surface area contributed by atoms with Gasteiger partial charge in [-0.25, -0.2) is 4.18 Å². The molecule has 0 amide bonds. The maximum atomic E-state index is 12.7. The standard InChI is InChI=1S/C19H19NO7S/c1-4-5-14-15(20(21)22)7-8-16-19(14)26-18(11-25-16)27-28(23,24)17-9-6-12(2)10-13(17)3/h4-10,18H,11H2,1-3H3/b5-4+/t18-/m1/s1. The fourth-order valence-electron chi connectivity index (χ4n) is 2.93. The molecule has 3 rings (SSSR count). The maximum absolute atomic E-state index is 12.7. The highest BCUT2D eigenvalue weighted by molar-refractivity contribution is 7.86. The molecular weight excluding hydrogens is 386 g/mol. The van der Waals surface area contributed by atoms with Crippen molar-refractivity contribution in [1.82, 2.24) is 0 Å². The fraction of sp³-hybridized carbons (Fsp3) is 0.263. The molecule has 1 aliphatic rings. The lowest BCUT2D eigenvalue weighted by molar-refractivity contribution is -0.385. The Kier molecular flexibility index (Phi) is 5.39. The maximum Gasteiger partial charge on any atom is 0.300 e. The molecule has 2 aromatic rings. The van der Waals surface area contributed by atoms with Gasteiger partial charge in [0.15, 0.2) is 18.1 Å². The summed E-state index contributed by atoms with van der Waals surface area (Å²) in [6.45, 7) is 5.05. The molecule has 1 heterocycles. The van der Waals surface area contributed by atoms with Crippen molar-refractivity contribution in [2.45, 2.75) is 32.0 Å². The molecule has 0 unspecified atom stereocenters. The highest BCUT2D eigenvalue weighted by Crippen LogP contribution is 2.41. The van der Waals surface area contributed by atoms with Gasteiger partial charge in [0.05, 0.1) is 15.4 Å². The van der Waals surface area contributed by atoms with Gasteiger partial charge in [0, 0.05) is 6.07 Å². The zero-order valence-corrected chi connectivity index (χ0v) is 16.4. The lowest BCUT2D eigenvalue weighted by atomic mass is 10.1. The van der Waals surface area contributed by atoms with Crippen LogP contribution in [0.1, 0.15) is 23.6 Å². The van der Waals surface area contributed by atoms with E-state index in [9.17, 15) is 18.5 Å². The monoisotopic (exact) mass is 405 g/mol. The highest BCUT2D eigenvalue weighted by atomic mass is 32.2. The summed E-state index contributed by atoms with van der Waals surface area (Å²) in [6, 6.07) is 7.59. The van der Waals surface area contributed by atoms with E-state index in [0.717, 1.165) is 5.56 Å². The number of aryl methyl sites for hydroxylation is 2. The molecule has 1 atom stereocenters. The Morgan fingerprint density at radius 1 is 1.25 bits per heavy atom.